The topological polar surface area (TPSA) is 166 Å². The van der Waals surface area contributed by atoms with Gasteiger partial charge in [0.05, 0.1) is 45.3 Å². The molecule has 11 heteroatoms. The first-order valence-electron chi connectivity index (χ1n) is 24.1. The highest BCUT2D eigenvalue weighted by atomic mass is 16.3. The first kappa shape index (κ1) is 46.3. The molecule has 0 unspecified atom stereocenters. The number of carbonyl (C=O) groups is 2. The lowest BCUT2D eigenvalue weighted by Crippen LogP contribution is -2.38. The number of rotatable bonds is 18. The first-order valence-corrected chi connectivity index (χ1v) is 24.1. The third-order valence-electron chi connectivity index (χ3n) is 14.5. The summed E-state index contributed by atoms with van der Waals surface area (Å²) >= 11 is 0. The number of allylic oxidation sites excluding steroid dienone is 12. The van der Waals surface area contributed by atoms with Crippen molar-refractivity contribution < 1.29 is 24.4 Å². The zero-order valence-corrected chi connectivity index (χ0v) is 39.6. The highest BCUT2D eigenvalue weighted by molar-refractivity contribution is 6.24. The molecular formula is C55H66N7O4+. The summed E-state index contributed by atoms with van der Waals surface area (Å²) in [7, 11) is 0. The molecule has 1 aliphatic carbocycles. The molecule has 6 N–H and O–H groups in total. The van der Waals surface area contributed by atoms with Crippen LogP contribution in [0.2, 0.25) is 0 Å². The summed E-state index contributed by atoms with van der Waals surface area (Å²) in [6, 6.07) is 10.4. The fraction of sp³-hybridized carbons (Fsp3) is 0.418. The van der Waals surface area contributed by atoms with Crippen molar-refractivity contribution in [1.29, 1.82) is 0 Å². The normalized spacial score (nSPS) is 21.1. The Morgan fingerprint density at radius 3 is 2.33 bits per heavy atom. The smallest absolute Gasteiger partial charge is 0.220 e. The van der Waals surface area contributed by atoms with Gasteiger partial charge in [-0.05, 0) is 93.0 Å². The number of aliphatic imine (C=N–C) groups is 3. The summed E-state index contributed by atoms with van der Waals surface area (Å²) in [4.78, 5) is 42.4. The number of nitrogens with one attached hydrogen (secondary N) is 2. The van der Waals surface area contributed by atoms with Gasteiger partial charge in [-0.1, -0.05) is 70.7 Å². The van der Waals surface area contributed by atoms with Gasteiger partial charge in [-0.3, -0.25) is 9.59 Å². The number of pyridine rings is 1. The van der Waals surface area contributed by atoms with Crippen LogP contribution in [-0.2, 0) is 16.1 Å². The lowest BCUT2D eigenvalue weighted by molar-refractivity contribution is -0.677. The van der Waals surface area contributed by atoms with Crippen molar-refractivity contribution in [3.63, 3.8) is 0 Å². The van der Waals surface area contributed by atoms with Crippen LogP contribution in [0.25, 0.3) is 10.9 Å². The Kier molecular flexibility index (Phi) is 13.8. The van der Waals surface area contributed by atoms with Crippen molar-refractivity contribution in [2.24, 2.45) is 32.7 Å². The number of nitrogen functional groups attached to an aromatic ring is 1. The number of Topliss-reactive ketones (excluding diaryl/α,β-unsaturated/α-hetero) is 1. The van der Waals surface area contributed by atoms with E-state index in [1.54, 1.807) is 0 Å². The van der Waals surface area contributed by atoms with Crippen molar-refractivity contribution in [2.75, 3.05) is 18.9 Å². The van der Waals surface area contributed by atoms with Gasteiger partial charge in [0.1, 0.15) is 24.8 Å². The van der Waals surface area contributed by atoms with Crippen LogP contribution in [0, 0.1) is 24.7 Å². The lowest BCUT2D eigenvalue weighted by atomic mass is 9.83. The molecular weight excluding hydrogens is 823 g/mol. The van der Waals surface area contributed by atoms with Crippen molar-refractivity contribution >= 4 is 45.4 Å². The number of aromatic nitrogens is 1. The third kappa shape index (κ3) is 8.77. The Morgan fingerprint density at radius 1 is 0.909 bits per heavy atom. The van der Waals surface area contributed by atoms with E-state index >= 15 is 0 Å². The summed E-state index contributed by atoms with van der Waals surface area (Å²) in [5.74, 6) is -2.04. The predicted molar refractivity (Wildman–Crippen MR) is 266 cm³/mol. The SMILES string of the molecule is C=CC1=C(C)C2=NC1=CC1=NC(=CC3=C(C)C4=C(O)[C@H](C(=O)CO)C(=C5NC(=C2)[C@@H](C)[C@@H]5CCC(=O)NCCCCCCCCCC[n+]2c(C)cc(N)c5ccccc52)C4=N3)C(CC)=C1C. The zero-order valence-electron chi connectivity index (χ0n) is 39.6. The molecule has 0 radical (unpaired) electrons. The second-order valence-corrected chi connectivity index (χ2v) is 18.6. The number of aliphatic hydroxyl groups excluding tert-OH is 2. The Bertz CT molecular complexity index is 2760. The molecule has 344 valence electrons. The summed E-state index contributed by atoms with van der Waals surface area (Å²) in [5, 5.41) is 30.1. The van der Waals surface area contributed by atoms with Crippen LogP contribution in [0.1, 0.15) is 111 Å². The Balaban J connectivity index is 0.934. The van der Waals surface area contributed by atoms with Gasteiger partial charge in [0, 0.05) is 78.4 Å². The van der Waals surface area contributed by atoms with Crippen molar-refractivity contribution in [1.82, 2.24) is 10.6 Å². The summed E-state index contributed by atoms with van der Waals surface area (Å²) in [6.45, 7) is 17.4. The average Bonchev–Trinajstić information content (AvgIpc) is 4.05. The summed E-state index contributed by atoms with van der Waals surface area (Å²) in [6.07, 6.45) is 18.5. The van der Waals surface area contributed by atoms with E-state index in [9.17, 15) is 19.8 Å². The van der Waals surface area contributed by atoms with Gasteiger partial charge >= 0.3 is 0 Å². The number of nitrogens with zero attached hydrogens (tertiary/aromatic N) is 4. The van der Waals surface area contributed by atoms with Gasteiger partial charge in [0.25, 0.3) is 0 Å². The molecule has 66 heavy (non-hydrogen) atoms. The van der Waals surface area contributed by atoms with Crippen molar-refractivity contribution in [3.05, 3.63) is 140 Å². The highest BCUT2D eigenvalue weighted by Crippen LogP contribution is 2.49. The van der Waals surface area contributed by atoms with Gasteiger partial charge in [-0.15, -0.1) is 0 Å². The minimum atomic E-state index is -1.09. The van der Waals surface area contributed by atoms with Crippen LogP contribution in [-0.4, -0.2) is 52.2 Å². The van der Waals surface area contributed by atoms with E-state index in [0.717, 1.165) is 112 Å². The molecule has 1 aromatic carbocycles. The first-order chi connectivity index (χ1) is 31.9. The molecule has 11 nitrogen and oxygen atoms in total. The van der Waals surface area contributed by atoms with Crippen LogP contribution in [0.5, 0.6) is 0 Å². The van der Waals surface area contributed by atoms with E-state index in [1.165, 1.54) is 36.9 Å². The molecule has 1 fully saturated rings. The maximum atomic E-state index is 13.6. The molecule has 5 aliphatic heterocycles. The number of nitrogens with two attached hydrogens (primary N) is 1. The maximum absolute atomic E-state index is 13.6. The van der Waals surface area contributed by atoms with Gasteiger partial charge in [-0.2, -0.15) is 4.57 Å². The van der Waals surface area contributed by atoms with Crippen LogP contribution >= 0.6 is 0 Å². The number of unbranched alkanes of at least 4 members (excludes halogenated alkanes) is 7. The molecule has 6 aliphatic rings. The van der Waals surface area contributed by atoms with Gasteiger partial charge in [0.2, 0.25) is 11.4 Å². The molecule has 1 saturated heterocycles. The molecule has 1 aromatic heterocycles. The number of amides is 1. The van der Waals surface area contributed by atoms with Gasteiger partial charge in [0.15, 0.2) is 11.5 Å². The molecule has 3 atom stereocenters. The Morgan fingerprint density at radius 2 is 1.61 bits per heavy atom. The van der Waals surface area contributed by atoms with E-state index in [1.807, 2.05) is 38.1 Å². The van der Waals surface area contributed by atoms with E-state index in [2.05, 4.69) is 79.8 Å². The van der Waals surface area contributed by atoms with Gasteiger partial charge < -0.3 is 26.6 Å². The summed E-state index contributed by atoms with van der Waals surface area (Å²) in [5.41, 5.74) is 21.4. The number of hydrogen-bond acceptors (Lipinski definition) is 9. The third-order valence-corrected chi connectivity index (χ3v) is 14.5. The van der Waals surface area contributed by atoms with Crippen molar-refractivity contribution in [3.8, 4) is 0 Å². The number of anilines is 1. The van der Waals surface area contributed by atoms with E-state index in [0.29, 0.717) is 35.5 Å². The minimum Gasteiger partial charge on any atom is -0.510 e. The number of hydrogen-bond donors (Lipinski definition) is 5. The minimum absolute atomic E-state index is 0.0132. The number of para-hydroxylation sites is 1. The van der Waals surface area contributed by atoms with Crippen LogP contribution in [0.15, 0.2) is 149 Å². The van der Waals surface area contributed by atoms with E-state index < -0.39 is 18.3 Å². The van der Waals surface area contributed by atoms with E-state index in [-0.39, 0.29) is 29.9 Å². The van der Waals surface area contributed by atoms with Crippen LogP contribution < -0.4 is 20.9 Å². The molecule has 6 heterocycles. The largest absolute Gasteiger partial charge is 0.510 e. The number of aryl methyl sites for hydroxylation is 2. The van der Waals surface area contributed by atoms with Crippen LogP contribution in [0.4, 0.5) is 5.69 Å². The highest BCUT2D eigenvalue weighted by Gasteiger charge is 2.48. The van der Waals surface area contributed by atoms with E-state index in [4.69, 9.17) is 20.7 Å². The molecule has 8 rings (SSSR count). The molecule has 0 saturated carbocycles. The number of fused-ring (bicyclic) bond motifs is 6. The monoisotopic (exact) mass is 889 g/mol. The zero-order chi connectivity index (χ0) is 46.8. The number of carbonyl (C=O) groups excluding carboxylic acids is 2. The Hall–Kier alpha value is -6.20. The second-order valence-electron chi connectivity index (χ2n) is 18.6. The molecule has 0 spiro atoms. The maximum Gasteiger partial charge on any atom is 0.220 e. The van der Waals surface area contributed by atoms with Crippen molar-refractivity contribution in [2.45, 2.75) is 119 Å². The molecule has 2 aromatic rings. The molecule has 1 amide bonds. The Labute approximate surface area is 389 Å². The predicted octanol–water partition coefficient (Wildman–Crippen LogP) is 9.68. The average molecular weight is 889 g/mol. The molecule has 8 bridgehead atoms. The fourth-order valence-corrected chi connectivity index (χ4v) is 10.7. The number of benzene rings is 1. The standard InChI is InChI=1S/C55H65N7O4/c1-8-36-32(4)41-27-43-34(6)38(22-23-49(65)57-24-18-14-12-10-11-13-15-19-25-62-31(3)26-40(56)39-20-16-17-21-47(39)62)53(60-43)52-51(48(64)30-63)55(66)50-35(7)44(61-54(50)52)29-46-37(9-2)33(5)42(59-46)28-45(36)58-41/h8,16-17,20-21,26-29,34,38,51,56,63H,1,9-15,18-19,22-25,30H2,2-7H3,(H3,57,58,59,60,61,65,66)/p+1/t34-,38-,51+/m0/s1. The fourth-order valence-electron chi connectivity index (χ4n) is 10.7. The van der Waals surface area contributed by atoms with Gasteiger partial charge in [-0.25, -0.2) is 15.0 Å². The van der Waals surface area contributed by atoms with Crippen LogP contribution in [0.3, 0.4) is 0 Å². The summed E-state index contributed by atoms with van der Waals surface area (Å²) < 4.78 is 2.38. The quantitative estimate of drug-likeness (QED) is 0.0739. The lowest BCUT2D eigenvalue weighted by Gasteiger charge is -2.20. The second kappa shape index (κ2) is 19.7. The number of aliphatic hydroxyl groups is 2. The number of ketones is 1.